The molecule has 4 aromatic rings. The average molecular weight is 382 g/mol. The number of benzene rings is 3. The van der Waals surface area contributed by atoms with E-state index in [0.29, 0.717) is 6.61 Å². The van der Waals surface area contributed by atoms with E-state index in [2.05, 4.69) is 66.9 Å². The van der Waals surface area contributed by atoms with Crippen LogP contribution in [0.2, 0.25) is 0 Å². The smallest absolute Gasteiger partial charge is 0.416 e. The Hall–Kier alpha value is -3.53. The average Bonchev–Trinajstić information content (AvgIpc) is 3.29. The maximum atomic E-state index is 12.8. The standard InChI is InChI=1S/C25H22N2O2/c1-17-8-11-21(12-9-17)26-22-13-10-18(2)14-20(22)15-24(26)27-23(16-29-25(27)28)19-6-4-3-5-7-19/h3-15,23H,16H2,1-2H3/t23-/m1/s1. The number of hydrogen-bond acceptors (Lipinski definition) is 2. The number of carbonyl (C=O) groups is 1. The van der Waals surface area contributed by atoms with Gasteiger partial charge in [0.1, 0.15) is 18.5 Å². The van der Waals surface area contributed by atoms with Gasteiger partial charge in [-0.15, -0.1) is 0 Å². The lowest BCUT2D eigenvalue weighted by molar-refractivity contribution is 0.179. The van der Waals surface area contributed by atoms with E-state index < -0.39 is 0 Å². The van der Waals surface area contributed by atoms with Gasteiger partial charge in [-0.2, -0.15) is 0 Å². The Morgan fingerprint density at radius 2 is 1.59 bits per heavy atom. The number of carbonyl (C=O) groups excluding carboxylic acids is 1. The molecule has 0 N–H and O–H groups in total. The van der Waals surface area contributed by atoms with Crippen molar-refractivity contribution < 1.29 is 9.53 Å². The van der Waals surface area contributed by atoms with Crippen molar-refractivity contribution in [3.05, 3.63) is 95.6 Å². The van der Waals surface area contributed by atoms with E-state index in [4.69, 9.17) is 4.74 Å². The lowest BCUT2D eigenvalue weighted by Crippen LogP contribution is -2.29. The molecule has 0 spiro atoms. The number of anilines is 1. The van der Waals surface area contributed by atoms with E-state index >= 15 is 0 Å². The number of hydrogen-bond donors (Lipinski definition) is 0. The van der Waals surface area contributed by atoms with Crippen LogP contribution < -0.4 is 4.90 Å². The Morgan fingerprint density at radius 1 is 0.862 bits per heavy atom. The number of fused-ring (bicyclic) bond motifs is 1. The van der Waals surface area contributed by atoms with Gasteiger partial charge in [0.05, 0.1) is 5.52 Å². The fourth-order valence-electron chi connectivity index (χ4n) is 4.06. The van der Waals surface area contributed by atoms with Crippen molar-refractivity contribution in [1.82, 2.24) is 4.57 Å². The van der Waals surface area contributed by atoms with Crippen LogP contribution in [0.1, 0.15) is 22.7 Å². The van der Waals surface area contributed by atoms with E-state index in [1.807, 2.05) is 30.3 Å². The molecule has 4 heteroatoms. The van der Waals surface area contributed by atoms with Crippen molar-refractivity contribution in [3.63, 3.8) is 0 Å². The molecule has 1 atom stereocenters. The fourth-order valence-corrected chi connectivity index (χ4v) is 4.06. The molecule has 1 saturated heterocycles. The van der Waals surface area contributed by atoms with Gasteiger partial charge in [-0.1, -0.05) is 59.7 Å². The van der Waals surface area contributed by atoms with Crippen molar-refractivity contribution in [2.75, 3.05) is 11.5 Å². The summed E-state index contributed by atoms with van der Waals surface area (Å²) in [5.74, 6) is 0.825. The number of ether oxygens (including phenoxy) is 1. The van der Waals surface area contributed by atoms with Gasteiger partial charge in [-0.25, -0.2) is 4.79 Å². The summed E-state index contributed by atoms with van der Waals surface area (Å²) in [5, 5.41) is 1.10. The van der Waals surface area contributed by atoms with Crippen LogP contribution in [0, 0.1) is 13.8 Å². The molecule has 144 valence electrons. The number of rotatable bonds is 3. The maximum absolute atomic E-state index is 12.8. The number of cyclic esters (lactones) is 1. The third-order valence-corrected chi connectivity index (χ3v) is 5.53. The summed E-state index contributed by atoms with van der Waals surface area (Å²) in [4.78, 5) is 14.6. The molecule has 0 aliphatic carbocycles. The molecule has 0 saturated carbocycles. The van der Waals surface area contributed by atoms with Crippen LogP contribution >= 0.6 is 0 Å². The fraction of sp³-hybridized carbons (Fsp3) is 0.160. The predicted molar refractivity (Wildman–Crippen MR) is 116 cm³/mol. The van der Waals surface area contributed by atoms with Gasteiger partial charge in [-0.05, 0) is 49.7 Å². The van der Waals surface area contributed by atoms with Crippen LogP contribution in [0.3, 0.4) is 0 Å². The van der Waals surface area contributed by atoms with E-state index in [-0.39, 0.29) is 12.1 Å². The highest BCUT2D eigenvalue weighted by atomic mass is 16.6. The molecular formula is C25H22N2O2. The highest BCUT2D eigenvalue weighted by Crippen LogP contribution is 2.38. The van der Waals surface area contributed by atoms with Crippen molar-refractivity contribution in [1.29, 1.82) is 0 Å². The van der Waals surface area contributed by atoms with E-state index in [1.165, 1.54) is 11.1 Å². The van der Waals surface area contributed by atoms with Crippen molar-refractivity contribution in [2.24, 2.45) is 0 Å². The van der Waals surface area contributed by atoms with E-state index in [1.54, 1.807) is 4.90 Å². The molecule has 1 aliphatic heterocycles. The normalized spacial score (nSPS) is 16.4. The second-order valence-corrected chi connectivity index (χ2v) is 7.61. The SMILES string of the molecule is Cc1ccc(-n2c(N3C(=O)OC[C@@H]3c3ccccc3)cc3cc(C)ccc32)cc1. The highest BCUT2D eigenvalue weighted by Gasteiger charge is 2.37. The van der Waals surface area contributed by atoms with Crippen LogP contribution in [0.15, 0.2) is 78.9 Å². The third kappa shape index (κ3) is 2.97. The van der Waals surface area contributed by atoms with Crippen LogP contribution in [-0.2, 0) is 4.74 Å². The number of nitrogens with zero attached hydrogens (tertiary/aromatic N) is 2. The summed E-state index contributed by atoms with van der Waals surface area (Å²) in [6, 6.07) is 26.7. The summed E-state index contributed by atoms with van der Waals surface area (Å²) in [6.45, 7) is 4.50. The second-order valence-electron chi connectivity index (χ2n) is 7.61. The van der Waals surface area contributed by atoms with Crippen LogP contribution in [0.25, 0.3) is 16.6 Å². The Bertz CT molecular complexity index is 1190. The maximum Gasteiger partial charge on any atom is 0.416 e. The Kier molecular flexibility index (Phi) is 4.13. The predicted octanol–water partition coefficient (Wildman–Crippen LogP) is 5.95. The minimum absolute atomic E-state index is 0.154. The molecular weight excluding hydrogens is 360 g/mol. The summed E-state index contributed by atoms with van der Waals surface area (Å²) in [7, 11) is 0. The lowest BCUT2D eigenvalue weighted by atomic mass is 10.1. The van der Waals surface area contributed by atoms with Gasteiger partial charge in [0.2, 0.25) is 0 Å². The first-order valence-corrected chi connectivity index (χ1v) is 9.82. The molecule has 5 rings (SSSR count). The van der Waals surface area contributed by atoms with Crippen molar-refractivity contribution >= 4 is 22.8 Å². The molecule has 3 aromatic carbocycles. The molecule has 1 aliphatic rings. The molecule has 2 heterocycles. The zero-order valence-electron chi connectivity index (χ0n) is 16.5. The van der Waals surface area contributed by atoms with Crippen LogP contribution in [0.4, 0.5) is 10.6 Å². The quantitative estimate of drug-likeness (QED) is 0.439. The van der Waals surface area contributed by atoms with Crippen LogP contribution in [0.5, 0.6) is 0 Å². The minimum atomic E-state index is -0.313. The molecule has 4 nitrogen and oxygen atoms in total. The molecule has 0 bridgehead atoms. The summed E-state index contributed by atoms with van der Waals surface area (Å²) in [5.41, 5.74) is 5.55. The molecule has 0 radical (unpaired) electrons. The van der Waals surface area contributed by atoms with Gasteiger partial charge in [0.25, 0.3) is 0 Å². The van der Waals surface area contributed by atoms with Gasteiger partial charge < -0.3 is 4.74 Å². The van der Waals surface area contributed by atoms with Gasteiger partial charge in [0.15, 0.2) is 0 Å². The molecule has 1 aromatic heterocycles. The van der Waals surface area contributed by atoms with Gasteiger partial charge >= 0.3 is 6.09 Å². The Labute approximate surface area is 170 Å². The van der Waals surface area contributed by atoms with E-state index in [9.17, 15) is 4.79 Å². The molecule has 0 unspecified atom stereocenters. The molecule has 29 heavy (non-hydrogen) atoms. The van der Waals surface area contributed by atoms with Crippen molar-refractivity contribution in [2.45, 2.75) is 19.9 Å². The number of amides is 1. The van der Waals surface area contributed by atoms with Crippen molar-refractivity contribution in [3.8, 4) is 5.69 Å². The topological polar surface area (TPSA) is 34.5 Å². The monoisotopic (exact) mass is 382 g/mol. The Balaban J connectivity index is 1.74. The first-order chi connectivity index (χ1) is 14.1. The number of aromatic nitrogens is 1. The van der Waals surface area contributed by atoms with E-state index in [0.717, 1.165) is 28.0 Å². The highest BCUT2D eigenvalue weighted by molar-refractivity contribution is 5.96. The minimum Gasteiger partial charge on any atom is -0.447 e. The first kappa shape index (κ1) is 17.6. The lowest BCUT2D eigenvalue weighted by Gasteiger charge is -2.23. The largest absolute Gasteiger partial charge is 0.447 e. The molecule has 1 amide bonds. The zero-order valence-corrected chi connectivity index (χ0v) is 16.5. The molecule has 1 fully saturated rings. The van der Waals surface area contributed by atoms with Crippen LogP contribution in [-0.4, -0.2) is 17.3 Å². The Morgan fingerprint density at radius 3 is 2.34 bits per heavy atom. The number of aryl methyl sites for hydroxylation is 2. The third-order valence-electron chi connectivity index (χ3n) is 5.53. The summed E-state index contributed by atoms with van der Waals surface area (Å²) in [6.07, 6.45) is -0.313. The zero-order chi connectivity index (χ0) is 20.0. The van der Waals surface area contributed by atoms with Gasteiger partial charge in [-0.3, -0.25) is 9.47 Å². The first-order valence-electron chi connectivity index (χ1n) is 9.82. The summed E-state index contributed by atoms with van der Waals surface area (Å²) >= 11 is 0. The second kappa shape index (κ2) is 6.82. The summed E-state index contributed by atoms with van der Waals surface area (Å²) < 4.78 is 7.64. The van der Waals surface area contributed by atoms with Gasteiger partial charge in [0, 0.05) is 11.1 Å².